The van der Waals surface area contributed by atoms with Crippen molar-refractivity contribution in [2.75, 3.05) is 0 Å². The van der Waals surface area contributed by atoms with Gasteiger partial charge in [-0.3, -0.25) is 9.59 Å². The summed E-state index contributed by atoms with van der Waals surface area (Å²) in [6, 6.07) is 0. The zero-order chi connectivity index (χ0) is 9.14. The van der Waals surface area contributed by atoms with Crippen LogP contribution in [0.4, 0.5) is 0 Å². The third kappa shape index (κ3) is 1.78. The van der Waals surface area contributed by atoms with Crippen LogP contribution in [0.2, 0.25) is 0 Å². The summed E-state index contributed by atoms with van der Waals surface area (Å²) in [5.41, 5.74) is 4.78. The maximum absolute atomic E-state index is 10.4. The minimum Gasteiger partial charge on any atom is -0.481 e. The molecule has 0 aliphatic carbocycles. The minimum absolute atomic E-state index is 0.142. The average Bonchev–Trinajstić information content (AvgIpc) is 2.34. The lowest BCUT2D eigenvalue weighted by atomic mass is 10.4. The van der Waals surface area contributed by atoms with E-state index in [9.17, 15) is 9.59 Å². The number of hydrogen-bond acceptors (Lipinski definition) is 5. The van der Waals surface area contributed by atoms with Gasteiger partial charge in [0.1, 0.15) is 6.42 Å². The van der Waals surface area contributed by atoms with Crippen LogP contribution in [0.5, 0.6) is 0 Å². The number of nitrogens with zero attached hydrogens (tertiary/aromatic N) is 2. The van der Waals surface area contributed by atoms with Gasteiger partial charge in [0.05, 0.1) is 0 Å². The molecule has 0 bridgehead atoms. The summed E-state index contributed by atoms with van der Waals surface area (Å²) in [5.74, 6) is -2.52. The van der Waals surface area contributed by atoms with Crippen LogP contribution in [0.15, 0.2) is 4.42 Å². The second-order valence-corrected chi connectivity index (χ2v) is 1.94. The summed E-state index contributed by atoms with van der Waals surface area (Å²) in [7, 11) is 0. The van der Waals surface area contributed by atoms with Gasteiger partial charge in [0, 0.05) is 0 Å². The number of carbonyl (C=O) groups is 2. The van der Waals surface area contributed by atoms with Crippen molar-refractivity contribution in [3.8, 4) is 0 Å². The van der Waals surface area contributed by atoms with Crippen LogP contribution in [-0.2, 0) is 11.2 Å². The van der Waals surface area contributed by atoms with Gasteiger partial charge in [0.2, 0.25) is 5.89 Å². The van der Waals surface area contributed by atoms with Gasteiger partial charge in [-0.25, -0.2) is 0 Å². The first-order chi connectivity index (χ1) is 5.59. The average molecular weight is 171 g/mol. The van der Waals surface area contributed by atoms with E-state index in [0.29, 0.717) is 0 Å². The number of rotatable bonds is 3. The molecule has 1 rings (SSSR count). The van der Waals surface area contributed by atoms with Crippen LogP contribution in [0.25, 0.3) is 0 Å². The van der Waals surface area contributed by atoms with Gasteiger partial charge < -0.3 is 15.3 Å². The van der Waals surface area contributed by atoms with Crippen LogP contribution in [0.1, 0.15) is 16.6 Å². The van der Waals surface area contributed by atoms with Crippen molar-refractivity contribution in [2.24, 2.45) is 5.73 Å². The molecule has 0 aliphatic rings. The Morgan fingerprint density at radius 3 is 2.58 bits per heavy atom. The van der Waals surface area contributed by atoms with Crippen LogP contribution < -0.4 is 5.73 Å². The van der Waals surface area contributed by atoms with Crippen molar-refractivity contribution in [1.29, 1.82) is 0 Å². The maximum Gasteiger partial charge on any atom is 0.312 e. The number of hydrogen-bond donors (Lipinski definition) is 2. The zero-order valence-corrected chi connectivity index (χ0v) is 5.85. The first-order valence-corrected chi connectivity index (χ1v) is 2.93. The summed E-state index contributed by atoms with van der Waals surface area (Å²) in [6.07, 6.45) is -0.416. The fraction of sp³-hybridized carbons (Fsp3) is 0.200. The number of primary amides is 1. The van der Waals surface area contributed by atoms with Crippen molar-refractivity contribution in [1.82, 2.24) is 10.2 Å². The summed E-state index contributed by atoms with van der Waals surface area (Å²) in [6.45, 7) is 0. The Balaban J connectivity index is 2.77. The number of aliphatic carboxylic acids is 1. The maximum atomic E-state index is 10.4. The van der Waals surface area contributed by atoms with Crippen LogP contribution in [0, 0.1) is 0 Å². The Kier molecular flexibility index (Phi) is 2.04. The Hall–Kier alpha value is -1.92. The van der Waals surface area contributed by atoms with Gasteiger partial charge in [-0.2, -0.15) is 0 Å². The van der Waals surface area contributed by atoms with Crippen molar-refractivity contribution in [3.05, 3.63) is 11.8 Å². The van der Waals surface area contributed by atoms with Gasteiger partial charge >= 0.3 is 17.8 Å². The van der Waals surface area contributed by atoms with E-state index < -0.39 is 18.3 Å². The molecule has 7 nitrogen and oxygen atoms in total. The molecule has 0 saturated carbocycles. The topological polar surface area (TPSA) is 119 Å². The molecule has 12 heavy (non-hydrogen) atoms. The van der Waals surface area contributed by atoms with Crippen molar-refractivity contribution >= 4 is 11.9 Å². The summed E-state index contributed by atoms with van der Waals surface area (Å²) in [5, 5.41) is 14.8. The SMILES string of the molecule is NC(=O)c1nnc(CC(=O)O)o1. The highest BCUT2D eigenvalue weighted by molar-refractivity contribution is 5.87. The second kappa shape index (κ2) is 2.99. The molecule has 64 valence electrons. The Bertz CT molecular complexity index is 318. The Labute approximate surface area is 66.2 Å². The lowest BCUT2D eigenvalue weighted by molar-refractivity contribution is -0.136. The molecule has 1 aromatic heterocycles. The highest BCUT2D eigenvalue weighted by Crippen LogP contribution is 1.98. The standard InChI is InChI=1S/C5H5N3O4/c6-4(11)5-8-7-2(12-5)1-3(9)10/h1H2,(H2,6,11)(H,9,10). The van der Waals surface area contributed by atoms with Crippen LogP contribution in [-0.4, -0.2) is 27.2 Å². The van der Waals surface area contributed by atoms with E-state index in [-0.39, 0.29) is 11.8 Å². The number of carboxylic acid groups (broad SMARTS) is 1. The number of aromatic nitrogens is 2. The third-order valence-electron chi connectivity index (χ3n) is 0.980. The van der Waals surface area contributed by atoms with Crippen LogP contribution in [0.3, 0.4) is 0 Å². The first-order valence-electron chi connectivity index (χ1n) is 2.93. The van der Waals surface area contributed by atoms with Gasteiger partial charge in [-0.1, -0.05) is 0 Å². The van der Waals surface area contributed by atoms with Gasteiger partial charge in [-0.05, 0) is 0 Å². The van der Waals surface area contributed by atoms with E-state index in [1.807, 2.05) is 0 Å². The Morgan fingerprint density at radius 2 is 2.17 bits per heavy atom. The number of amides is 1. The molecule has 1 aromatic rings. The number of carboxylic acids is 1. The molecule has 7 heteroatoms. The van der Waals surface area contributed by atoms with Crippen molar-refractivity contribution in [2.45, 2.75) is 6.42 Å². The van der Waals surface area contributed by atoms with Crippen molar-refractivity contribution < 1.29 is 19.1 Å². The highest BCUT2D eigenvalue weighted by Gasteiger charge is 2.12. The molecule has 0 radical (unpaired) electrons. The molecule has 1 heterocycles. The molecule has 0 unspecified atom stereocenters. The lowest BCUT2D eigenvalue weighted by Gasteiger charge is -1.84. The molecule has 0 spiro atoms. The predicted molar refractivity (Wildman–Crippen MR) is 34.2 cm³/mol. The zero-order valence-electron chi connectivity index (χ0n) is 5.85. The fourth-order valence-electron chi connectivity index (χ4n) is 0.554. The quantitative estimate of drug-likeness (QED) is 0.589. The summed E-state index contributed by atoms with van der Waals surface area (Å²) >= 11 is 0. The van der Waals surface area contributed by atoms with Crippen molar-refractivity contribution in [3.63, 3.8) is 0 Å². The summed E-state index contributed by atoms with van der Waals surface area (Å²) < 4.78 is 4.58. The van der Waals surface area contributed by atoms with E-state index in [4.69, 9.17) is 10.8 Å². The number of nitrogens with two attached hydrogens (primary N) is 1. The number of carbonyl (C=O) groups excluding carboxylic acids is 1. The largest absolute Gasteiger partial charge is 0.481 e. The second-order valence-electron chi connectivity index (χ2n) is 1.94. The first kappa shape index (κ1) is 8.18. The monoisotopic (exact) mass is 171 g/mol. The molecular formula is C5H5N3O4. The minimum atomic E-state index is -1.12. The van der Waals surface area contributed by atoms with Crippen LogP contribution >= 0.6 is 0 Å². The van der Waals surface area contributed by atoms with E-state index in [1.54, 1.807) is 0 Å². The lowest BCUT2D eigenvalue weighted by Crippen LogP contribution is -2.11. The molecule has 1 amide bonds. The predicted octanol–water partition coefficient (Wildman–Crippen LogP) is -1.20. The van der Waals surface area contributed by atoms with E-state index in [2.05, 4.69) is 14.6 Å². The van der Waals surface area contributed by atoms with E-state index in [1.165, 1.54) is 0 Å². The smallest absolute Gasteiger partial charge is 0.312 e. The fourth-order valence-corrected chi connectivity index (χ4v) is 0.554. The highest BCUT2D eigenvalue weighted by atomic mass is 16.4. The Morgan fingerprint density at radius 1 is 1.50 bits per heavy atom. The van der Waals surface area contributed by atoms with Gasteiger partial charge in [0.25, 0.3) is 0 Å². The molecule has 0 saturated heterocycles. The van der Waals surface area contributed by atoms with E-state index >= 15 is 0 Å². The molecule has 0 aliphatic heterocycles. The molecule has 0 atom stereocenters. The molecular weight excluding hydrogens is 166 g/mol. The van der Waals surface area contributed by atoms with Gasteiger partial charge in [-0.15, -0.1) is 10.2 Å². The third-order valence-corrected chi connectivity index (χ3v) is 0.980. The normalized spacial score (nSPS) is 9.67. The molecule has 0 fully saturated rings. The summed E-state index contributed by atoms with van der Waals surface area (Å²) in [4.78, 5) is 20.5. The van der Waals surface area contributed by atoms with E-state index in [0.717, 1.165) is 0 Å². The molecule has 0 aromatic carbocycles. The molecule has 3 N–H and O–H groups in total. The van der Waals surface area contributed by atoms with Gasteiger partial charge in [0.15, 0.2) is 0 Å².